The Kier molecular flexibility index (Phi) is 4.42. The molecule has 186 valence electrons. The molecule has 0 saturated heterocycles. The van der Waals surface area contributed by atoms with Crippen LogP contribution in [0, 0.1) is 0 Å². The zero-order valence-electron chi connectivity index (χ0n) is 21.1. The zero-order chi connectivity index (χ0) is 26.2. The lowest BCUT2D eigenvalue weighted by Crippen LogP contribution is -2.04. The molecule has 0 atom stereocenters. The van der Waals surface area contributed by atoms with E-state index >= 15 is 0 Å². The van der Waals surface area contributed by atoms with Crippen LogP contribution in [0.15, 0.2) is 116 Å². The van der Waals surface area contributed by atoms with Crippen molar-refractivity contribution in [1.82, 2.24) is 24.5 Å². The van der Waals surface area contributed by atoms with Crippen LogP contribution in [0.2, 0.25) is 0 Å². The van der Waals surface area contributed by atoms with Crippen molar-refractivity contribution in [3.05, 3.63) is 116 Å². The molecule has 0 amide bonds. The topological polar surface area (TPSA) is 56.5 Å². The monoisotopic (exact) mass is 529 g/mol. The normalized spacial score (nSPS) is 12.0. The fourth-order valence-electron chi connectivity index (χ4n) is 6.06. The second-order valence-electron chi connectivity index (χ2n) is 9.89. The first-order chi connectivity index (χ1) is 19.9. The molecule has 5 heterocycles. The first-order valence-corrected chi connectivity index (χ1v) is 14.0. The number of pyridine rings is 2. The van der Waals surface area contributed by atoms with Gasteiger partial charge in [0.15, 0.2) is 0 Å². The maximum atomic E-state index is 5.21. The molecule has 9 aromatic rings. The smallest absolute Gasteiger partial charge is 0.237 e. The second-order valence-corrected chi connectivity index (χ2v) is 10.9. The number of hydrogen-bond acceptors (Lipinski definition) is 5. The van der Waals surface area contributed by atoms with E-state index in [1.54, 1.807) is 6.20 Å². The molecule has 0 fully saturated rings. The molecule has 5 nitrogen and oxygen atoms in total. The van der Waals surface area contributed by atoms with E-state index in [1.807, 2.05) is 60.0 Å². The summed E-state index contributed by atoms with van der Waals surface area (Å²) in [5, 5.41) is 8.21. The Morgan fingerprint density at radius 2 is 1.25 bits per heavy atom. The van der Waals surface area contributed by atoms with E-state index < -0.39 is 0 Å². The summed E-state index contributed by atoms with van der Waals surface area (Å²) in [5.41, 5.74) is 4.42. The molecule has 0 bridgehead atoms. The lowest BCUT2D eigenvalue weighted by Gasteiger charge is -2.11. The van der Waals surface area contributed by atoms with Crippen LogP contribution in [0.25, 0.3) is 81.1 Å². The largest absolute Gasteiger partial charge is 0.260 e. The van der Waals surface area contributed by atoms with Crippen LogP contribution < -0.4 is 0 Å². The van der Waals surface area contributed by atoms with Crippen molar-refractivity contribution in [3.63, 3.8) is 0 Å². The van der Waals surface area contributed by atoms with Crippen molar-refractivity contribution in [2.75, 3.05) is 0 Å². The van der Waals surface area contributed by atoms with Crippen LogP contribution in [-0.4, -0.2) is 24.5 Å². The molecule has 0 spiro atoms. The van der Waals surface area contributed by atoms with Crippen molar-refractivity contribution >= 4 is 75.1 Å². The summed E-state index contributed by atoms with van der Waals surface area (Å²) >= 11 is 1.82. The summed E-state index contributed by atoms with van der Waals surface area (Å²) in [6.45, 7) is 0. The van der Waals surface area contributed by atoms with Gasteiger partial charge in [-0.25, -0.2) is 15.0 Å². The molecular weight excluding hydrogens is 510 g/mol. The number of nitrogens with zero attached hydrogens (tertiary/aromatic N) is 5. The molecule has 0 radical (unpaired) electrons. The Morgan fingerprint density at radius 3 is 2.10 bits per heavy atom. The van der Waals surface area contributed by atoms with Gasteiger partial charge in [-0.1, -0.05) is 66.7 Å². The van der Waals surface area contributed by atoms with Crippen LogP contribution in [0.5, 0.6) is 0 Å². The maximum Gasteiger partial charge on any atom is 0.237 e. The van der Waals surface area contributed by atoms with Crippen molar-refractivity contribution in [2.24, 2.45) is 0 Å². The van der Waals surface area contributed by atoms with Gasteiger partial charge in [0, 0.05) is 44.0 Å². The highest BCUT2D eigenvalue weighted by atomic mass is 32.1. The van der Waals surface area contributed by atoms with Gasteiger partial charge in [-0.3, -0.25) is 9.55 Å². The zero-order valence-corrected chi connectivity index (χ0v) is 21.9. The van der Waals surface area contributed by atoms with Gasteiger partial charge in [0.1, 0.15) is 11.3 Å². The van der Waals surface area contributed by atoms with Crippen LogP contribution in [0.3, 0.4) is 0 Å². The van der Waals surface area contributed by atoms with E-state index in [1.165, 1.54) is 36.3 Å². The molecule has 6 heteroatoms. The van der Waals surface area contributed by atoms with E-state index in [2.05, 4.69) is 70.2 Å². The van der Waals surface area contributed by atoms with E-state index in [4.69, 9.17) is 15.0 Å². The molecule has 4 aromatic carbocycles. The van der Waals surface area contributed by atoms with Gasteiger partial charge in [0.2, 0.25) is 5.95 Å². The Morgan fingerprint density at radius 1 is 0.550 bits per heavy atom. The molecule has 40 heavy (non-hydrogen) atoms. The van der Waals surface area contributed by atoms with Gasteiger partial charge in [-0.15, -0.1) is 11.3 Å². The van der Waals surface area contributed by atoms with Gasteiger partial charge in [-0.05, 0) is 47.2 Å². The number of hydrogen-bond donors (Lipinski definition) is 0. The average Bonchev–Trinajstić information content (AvgIpc) is 3.58. The number of aromatic nitrogens is 5. The molecular formula is C34H19N5S. The van der Waals surface area contributed by atoms with Gasteiger partial charge in [0.25, 0.3) is 0 Å². The first-order valence-electron chi connectivity index (χ1n) is 13.2. The summed E-state index contributed by atoms with van der Waals surface area (Å²) in [6.07, 6.45) is 3.66. The maximum absolute atomic E-state index is 5.21. The fraction of sp³-hybridized carbons (Fsp3) is 0. The lowest BCUT2D eigenvalue weighted by molar-refractivity contribution is 0.998. The highest BCUT2D eigenvalue weighted by Crippen LogP contribution is 2.47. The van der Waals surface area contributed by atoms with Gasteiger partial charge in [-0.2, -0.15) is 0 Å². The molecule has 0 unspecified atom stereocenters. The highest BCUT2D eigenvalue weighted by molar-refractivity contribution is 7.27. The molecule has 0 N–H and O–H groups in total. The van der Waals surface area contributed by atoms with Gasteiger partial charge >= 0.3 is 0 Å². The van der Waals surface area contributed by atoms with Crippen molar-refractivity contribution < 1.29 is 0 Å². The minimum Gasteiger partial charge on any atom is -0.260 e. The standard InChI is InChI=1S/C34H19N5S/c1-2-11-21-20(10-1)28-24-14-9-19-36-33(24)39(31(28)32-29(21)23-13-4-6-17-27(23)40-32)34-37-25-15-5-3-12-22(25)30(38-34)26-16-7-8-18-35-26/h1-19H. The van der Waals surface area contributed by atoms with Gasteiger partial charge in [0.05, 0.1) is 21.4 Å². The molecule has 0 aliphatic heterocycles. The quantitative estimate of drug-likeness (QED) is 0.225. The van der Waals surface area contributed by atoms with Crippen LogP contribution >= 0.6 is 11.3 Å². The van der Waals surface area contributed by atoms with Crippen molar-refractivity contribution in [1.29, 1.82) is 0 Å². The molecule has 0 aliphatic carbocycles. The van der Waals surface area contributed by atoms with E-state index in [0.29, 0.717) is 5.95 Å². The third-order valence-corrected chi connectivity index (χ3v) is 8.88. The van der Waals surface area contributed by atoms with Crippen molar-refractivity contribution in [2.45, 2.75) is 0 Å². The SMILES string of the molecule is c1ccc(-c2nc(-n3c4ncccc4c4c5ccccc5c5c6ccccc6sc5c43)nc3ccccc23)nc1. The van der Waals surface area contributed by atoms with Crippen LogP contribution in [-0.2, 0) is 0 Å². The molecule has 0 aliphatic rings. The minimum absolute atomic E-state index is 0.590. The highest BCUT2D eigenvalue weighted by Gasteiger charge is 2.24. The van der Waals surface area contributed by atoms with Crippen LogP contribution in [0.4, 0.5) is 0 Å². The number of para-hydroxylation sites is 1. The summed E-state index contributed by atoms with van der Waals surface area (Å²) in [4.78, 5) is 19.9. The first kappa shape index (κ1) is 21.7. The van der Waals surface area contributed by atoms with Crippen molar-refractivity contribution in [3.8, 4) is 17.3 Å². The summed E-state index contributed by atoms with van der Waals surface area (Å²) in [5.74, 6) is 0.590. The summed E-state index contributed by atoms with van der Waals surface area (Å²) in [6, 6.07) is 35.6. The molecule has 5 aromatic heterocycles. The molecule has 9 rings (SSSR count). The third-order valence-electron chi connectivity index (χ3n) is 7.70. The van der Waals surface area contributed by atoms with E-state index in [0.717, 1.165) is 38.8 Å². The Balaban J connectivity index is 1.54. The lowest BCUT2D eigenvalue weighted by atomic mass is 9.99. The summed E-state index contributed by atoms with van der Waals surface area (Å²) < 4.78 is 4.63. The van der Waals surface area contributed by atoms with E-state index in [9.17, 15) is 0 Å². The Hall–Kier alpha value is -5.20. The summed E-state index contributed by atoms with van der Waals surface area (Å²) in [7, 11) is 0. The predicted octanol–water partition coefficient (Wildman–Crippen LogP) is 8.71. The number of benzene rings is 4. The van der Waals surface area contributed by atoms with Crippen LogP contribution in [0.1, 0.15) is 0 Å². The minimum atomic E-state index is 0.590. The third kappa shape index (κ3) is 2.91. The van der Waals surface area contributed by atoms with E-state index in [-0.39, 0.29) is 0 Å². The number of fused-ring (bicyclic) bond motifs is 11. The average molecular weight is 530 g/mol. The number of thiophene rings is 1. The fourth-order valence-corrected chi connectivity index (χ4v) is 7.32. The van der Waals surface area contributed by atoms with Gasteiger partial charge < -0.3 is 0 Å². The Bertz CT molecular complexity index is 2440. The Labute approximate surface area is 232 Å². The number of rotatable bonds is 2. The predicted molar refractivity (Wildman–Crippen MR) is 165 cm³/mol. The second kappa shape index (κ2) is 8.15. The molecule has 0 saturated carbocycles.